The van der Waals surface area contributed by atoms with Crippen molar-refractivity contribution in [3.05, 3.63) is 59.4 Å². The third-order valence-corrected chi connectivity index (χ3v) is 3.65. The van der Waals surface area contributed by atoms with E-state index in [0.717, 1.165) is 11.3 Å². The van der Waals surface area contributed by atoms with Gasteiger partial charge < -0.3 is 10.6 Å². The molecule has 1 aliphatic heterocycles. The highest BCUT2D eigenvalue weighted by molar-refractivity contribution is 5.94. The van der Waals surface area contributed by atoms with Gasteiger partial charge in [-0.1, -0.05) is 24.3 Å². The number of anilines is 2. The van der Waals surface area contributed by atoms with Gasteiger partial charge in [0.25, 0.3) is 0 Å². The van der Waals surface area contributed by atoms with Gasteiger partial charge in [-0.2, -0.15) is 0 Å². The molecule has 0 spiro atoms. The van der Waals surface area contributed by atoms with Gasteiger partial charge in [-0.25, -0.2) is 9.18 Å². The van der Waals surface area contributed by atoms with E-state index >= 15 is 0 Å². The molecule has 0 aliphatic carbocycles. The van der Waals surface area contributed by atoms with Crippen molar-refractivity contribution in [3.63, 3.8) is 0 Å². The number of carbonyl (C=O) groups is 1. The molecule has 0 fully saturated rings. The zero-order valence-electron chi connectivity index (χ0n) is 11.7. The average molecular weight is 285 g/mol. The molecule has 0 saturated carbocycles. The Kier molecular flexibility index (Phi) is 3.25. The fourth-order valence-corrected chi connectivity index (χ4v) is 2.54. The van der Waals surface area contributed by atoms with E-state index < -0.39 is 5.82 Å². The van der Waals surface area contributed by atoms with Crippen molar-refractivity contribution in [2.24, 2.45) is 0 Å². The normalized spacial score (nSPS) is 14.3. The number of fused-ring (bicyclic) bond motifs is 1. The predicted octanol–water partition coefficient (Wildman–Crippen LogP) is 2.98. The van der Waals surface area contributed by atoms with Crippen molar-refractivity contribution in [3.8, 4) is 0 Å². The van der Waals surface area contributed by atoms with E-state index in [-0.39, 0.29) is 11.7 Å². The number of para-hydroxylation sites is 1. The Morgan fingerprint density at radius 2 is 2.00 bits per heavy atom. The number of hydrogen-bond donors (Lipinski definition) is 1. The maximum Gasteiger partial charge on any atom is 0.324 e. The summed E-state index contributed by atoms with van der Waals surface area (Å²) >= 11 is 0. The number of carbonyl (C=O) groups excluding carboxylic acids is 1. The molecule has 0 atom stereocenters. The Morgan fingerprint density at radius 1 is 1.24 bits per heavy atom. The van der Waals surface area contributed by atoms with Crippen LogP contribution in [0.2, 0.25) is 0 Å². The predicted molar refractivity (Wildman–Crippen MR) is 80.3 cm³/mol. The maximum absolute atomic E-state index is 13.6. The summed E-state index contributed by atoms with van der Waals surface area (Å²) in [6, 6.07) is 12.3. The second-order valence-corrected chi connectivity index (χ2v) is 5.21. The van der Waals surface area contributed by atoms with Crippen LogP contribution in [0, 0.1) is 5.82 Å². The lowest BCUT2D eigenvalue weighted by atomic mass is 10.1. The molecule has 0 aromatic heterocycles. The molecule has 2 aromatic rings. The average Bonchev–Trinajstić information content (AvgIpc) is 2.47. The summed E-state index contributed by atoms with van der Waals surface area (Å²) in [6.45, 7) is 0.902. The summed E-state index contributed by atoms with van der Waals surface area (Å²) < 4.78 is 13.6. The number of benzene rings is 2. The molecule has 1 aliphatic rings. The van der Waals surface area contributed by atoms with Gasteiger partial charge in [-0.05, 0) is 29.3 Å². The van der Waals surface area contributed by atoms with Gasteiger partial charge in [-0.3, -0.25) is 4.90 Å². The van der Waals surface area contributed by atoms with E-state index in [1.54, 1.807) is 22.9 Å². The molecule has 2 aromatic carbocycles. The van der Waals surface area contributed by atoms with Crippen LogP contribution in [0.1, 0.15) is 11.1 Å². The highest BCUT2D eigenvalue weighted by Crippen LogP contribution is 2.29. The SMILES string of the molecule is CN1Cc2ccccc2N(Cc2ccc(N)c(F)c2)C1=O. The number of nitrogen functional groups attached to an aromatic ring is 1. The van der Waals surface area contributed by atoms with Crippen molar-refractivity contribution in [1.29, 1.82) is 0 Å². The molecule has 21 heavy (non-hydrogen) atoms. The summed E-state index contributed by atoms with van der Waals surface area (Å²) in [5.74, 6) is -0.460. The number of halogens is 1. The maximum atomic E-state index is 13.6. The van der Waals surface area contributed by atoms with Gasteiger partial charge in [0, 0.05) is 13.6 Å². The Morgan fingerprint density at radius 3 is 2.76 bits per heavy atom. The van der Waals surface area contributed by atoms with Crippen LogP contribution in [0.5, 0.6) is 0 Å². The lowest BCUT2D eigenvalue weighted by molar-refractivity contribution is 0.210. The third-order valence-electron chi connectivity index (χ3n) is 3.65. The lowest BCUT2D eigenvalue weighted by Crippen LogP contribution is -2.44. The fraction of sp³-hybridized carbons (Fsp3) is 0.188. The third kappa shape index (κ3) is 2.42. The van der Waals surface area contributed by atoms with Crippen molar-refractivity contribution in [2.45, 2.75) is 13.1 Å². The monoisotopic (exact) mass is 285 g/mol. The Hall–Kier alpha value is -2.56. The smallest absolute Gasteiger partial charge is 0.324 e. The largest absolute Gasteiger partial charge is 0.396 e. The summed E-state index contributed by atoms with van der Waals surface area (Å²) in [7, 11) is 1.76. The van der Waals surface area contributed by atoms with Gasteiger partial charge >= 0.3 is 6.03 Å². The first-order valence-corrected chi connectivity index (χ1v) is 6.70. The van der Waals surface area contributed by atoms with E-state index in [9.17, 15) is 9.18 Å². The van der Waals surface area contributed by atoms with E-state index in [4.69, 9.17) is 5.73 Å². The molecule has 4 nitrogen and oxygen atoms in total. The van der Waals surface area contributed by atoms with Crippen LogP contribution in [0.3, 0.4) is 0 Å². The van der Waals surface area contributed by atoms with Crippen molar-refractivity contribution < 1.29 is 9.18 Å². The number of nitrogens with zero attached hydrogens (tertiary/aromatic N) is 2. The number of urea groups is 1. The quantitative estimate of drug-likeness (QED) is 0.862. The van der Waals surface area contributed by atoms with Crippen molar-refractivity contribution >= 4 is 17.4 Å². The summed E-state index contributed by atoms with van der Waals surface area (Å²) in [5, 5.41) is 0. The van der Waals surface area contributed by atoms with Crippen LogP contribution in [0.4, 0.5) is 20.6 Å². The van der Waals surface area contributed by atoms with E-state index in [1.807, 2.05) is 24.3 Å². The van der Waals surface area contributed by atoms with Crippen molar-refractivity contribution in [2.75, 3.05) is 17.7 Å². The minimum Gasteiger partial charge on any atom is -0.396 e. The first-order valence-electron chi connectivity index (χ1n) is 6.70. The molecule has 0 saturated heterocycles. The van der Waals surface area contributed by atoms with Gasteiger partial charge in [0.05, 0.1) is 17.9 Å². The molecule has 0 bridgehead atoms. The fourth-order valence-electron chi connectivity index (χ4n) is 2.54. The highest BCUT2D eigenvalue weighted by Gasteiger charge is 2.27. The van der Waals surface area contributed by atoms with Gasteiger partial charge in [0.1, 0.15) is 5.82 Å². The minimum absolute atomic E-state index is 0.0917. The molecule has 0 unspecified atom stereocenters. The van der Waals surface area contributed by atoms with Crippen LogP contribution in [-0.4, -0.2) is 18.0 Å². The van der Waals surface area contributed by atoms with Gasteiger partial charge in [0.15, 0.2) is 0 Å². The molecule has 1 heterocycles. The van der Waals surface area contributed by atoms with Crippen LogP contribution in [0.25, 0.3) is 0 Å². The van der Waals surface area contributed by atoms with Crippen molar-refractivity contribution in [1.82, 2.24) is 4.90 Å². The molecule has 3 rings (SSSR count). The molecule has 2 amide bonds. The minimum atomic E-state index is -0.460. The molecular weight excluding hydrogens is 269 g/mol. The molecule has 5 heteroatoms. The van der Waals surface area contributed by atoms with Crippen LogP contribution >= 0.6 is 0 Å². The standard InChI is InChI=1S/C16H16FN3O/c1-19-10-12-4-2-3-5-15(12)20(16(19)21)9-11-6-7-14(18)13(17)8-11/h2-8H,9-10,18H2,1H3. The molecule has 0 radical (unpaired) electrons. The number of amides is 2. The Balaban J connectivity index is 1.96. The topological polar surface area (TPSA) is 49.6 Å². The zero-order chi connectivity index (χ0) is 15.0. The molecular formula is C16H16FN3O. The van der Waals surface area contributed by atoms with Crippen LogP contribution in [-0.2, 0) is 13.1 Å². The van der Waals surface area contributed by atoms with Crippen LogP contribution in [0.15, 0.2) is 42.5 Å². The van der Waals surface area contributed by atoms with Crippen LogP contribution < -0.4 is 10.6 Å². The second-order valence-electron chi connectivity index (χ2n) is 5.21. The Bertz CT molecular complexity index is 702. The molecule has 2 N–H and O–H groups in total. The number of nitrogens with two attached hydrogens (primary N) is 1. The summed E-state index contributed by atoms with van der Waals surface area (Å²) in [4.78, 5) is 15.7. The summed E-state index contributed by atoms with van der Waals surface area (Å²) in [6.07, 6.45) is 0. The zero-order valence-corrected chi connectivity index (χ0v) is 11.7. The number of hydrogen-bond acceptors (Lipinski definition) is 2. The second kappa shape index (κ2) is 5.09. The van der Waals surface area contributed by atoms with Gasteiger partial charge in [-0.15, -0.1) is 0 Å². The summed E-state index contributed by atoms with van der Waals surface area (Å²) in [5.41, 5.74) is 8.26. The number of rotatable bonds is 2. The van der Waals surface area contributed by atoms with E-state index in [1.165, 1.54) is 12.1 Å². The Labute approximate surface area is 122 Å². The highest BCUT2D eigenvalue weighted by atomic mass is 19.1. The van der Waals surface area contributed by atoms with E-state index in [0.29, 0.717) is 18.7 Å². The first kappa shape index (κ1) is 13.4. The first-order chi connectivity index (χ1) is 10.1. The van der Waals surface area contributed by atoms with E-state index in [2.05, 4.69) is 0 Å². The molecule has 108 valence electrons. The van der Waals surface area contributed by atoms with Gasteiger partial charge in [0.2, 0.25) is 0 Å². The lowest BCUT2D eigenvalue weighted by Gasteiger charge is -2.35.